The van der Waals surface area contributed by atoms with Gasteiger partial charge in [-0.3, -0.25) is 9.59 Å². The number of carbonyl (C=O) groups is 2. The second-order valence-electron chi connectivity index (χ2n) is 6.98. The molecular weight excluding hydrogens is 390 g/mol. The fourth-order valence-electron chi connectivity index (χ4n) is 3.02. The van der Waals surface area contributed by atoms with E-state index in [2.05, 4.69) is 6.92 Å². The van der Waals surface area contributed by atoms with Crippen molar-refractivity contribution in [2.24, 2.45) is 7.05 Å². The van der Waals surface area contributed by atoms with Crippen LogP contribution in [0, 0.1) is 0 Å². The van der Waals surface area contributed by atoms with Crippen LogP contribution in [0.2, 0.25) is 5.02 Å². The lowest BCUT2D eigenvalue weighted by molar-refractivity contribution is -0.133. The van der Waals surface area contributed by atoms with Crippen LogP contribution in [0.15, 0.2) is 42.6 Å². The highest BCUT2D eigenvalue weighted by Crippen LogP contribution is 2.18. The van der Waals surface area contributed by atoms with Crippen molar-refractivity contribution in [3.8, 4) is 0 Å². The Hall–Kier alpha value is -2.31. The van der Waals surface area contributed by atoms with Crippen LogP contribution < -0.4 is 0 Å². The van der Waals surface area contributed by atoms with Gasteiger partial charge in [0.15, 0.2) is 0 Å². The van der Waals surface area contributed by atoms with E-state index in [0.29, 0.717) is 36.8 Å². The van der Waals surface area contributed by atoms with Gasteiger partial charge >= 0.3 is 0 Å². The topological polar surface area (TPSA) is 54.8 Å². The third-order valence-electron chi connectivity index (χ3n) is 4.82. The van der Waals surface area contributed by atoms with Crippen molar-refractivity contribution in [3.63, 3.8) is 0 Å². The zero-order valence-electron chi connectivity index (χ0n) is 17.4. The quantitative estimate of drug-likeness (QED) is 0.559. The summed E-state index contributed by atoms with van der Waals surface area (Å²) in [4.78, 5) is 29.5. The van der Waals surface area contributed by atoms with Gasteiger partial charge in [-0.1, -0.05) is 37.1 Å². The number of carbonyl (C=O) groups excluding carboxylic acids is 2. The number of nitrogens with zero attached hydrogens (tertiary/aromatic N) is 3. The van der Waals surface area contributed by atoms with Crippen molar-refractivity contribution >= 4 is 23.4 Å². The molecule has 0 fully saturated rings. The van der Waals surface area contributed by atoms with Gasteiger partial charge < -0.3 is 19.1 Å². The molecule has 0 unspecified atom stereocenters. The molecule has 0 aliphatic carbocycles. The van der Waals surface area contributed by atoms with Gasteiger partial charge in [-0.05, 0) is 30.7 Å². The highest BCUT2D eigenvalue weighted by atomic mass is 35.5. The van der Waals surface area contributed by atoms with Crippen LogP contribution in [0.5, 0.6) is 0 Å². The van der Waals surface area contributed by atoms with Gasteiger partial charge in [-0.2, -0.15) is 0 Å². The molecule has 158 valence electrons. The maximum atomic E-state index is 13.1. The number of benzene rings is 1. The Morgan fingerprint density at radius 1 is 1.10 bits per heavy atom. The van der Waals surface area contributed by atoms with Gasteiger partial charge in [0.2, 0.25) is 5.91 Å². The number of halogens is 1. The molecule has 0 aliphatic heterocycles. The summed E-state index contributed by atoms with van der Waals surface area (Å²) in [6.07, 6.45) is 3.69. The number of amides is 2. The molecule has 1 aromatic carbocycles. The minimum Gasteiger partial charge on any atom is -0.383 e. The molecule has 2 amide bonds. The Bertz CT molecular complexity index is 806. The van der Waals surface area contributed by atoms with Crippen LogP contribution in [0.4, 0.5) is 0 Å². The molecule has 0 N–H and O–H groups in total. The van der Waals surface area contributed by atoms with E-state index in [0.717, 1.165) is 18.5 Å². The van der Waals surface area contributed by atoms with E-state index in [1.807, 2.05) is 29.9 Å². The Morgan fingerprint density at radius 3 is 2.48 bits per heavy atom. The lowest BCUT2D eigenvalue weighted by atomic mass is 10.2. The first-order valence-corrected chi connectivity index (χ1v) is 10.3. The van der Waals surface area contributed by atoms with Crippen LogP contribution in [0.1, 0.15) is 35.8 Å². The van der Waals surface area contributed by atoms with Crippen LogP contribution >= 0.6 is 11.6 Å². The molecule has 0 aliphatic rings. The maximum absolute atomic E-state index is 13.1. The Morgan fingerprint density at radius 2 is 1.86 bits per heavy atom. The molecule has 29 heavy (non-hydrogen) atoms. The standard InChI is InChI=1S/C22H30ClN3O3/c1-4-5-13-26(22(28)19-10-6-7-11-20(19)23)17-21(27)25(14-15-29-3)16-18-9-8-12-24(18)2/h6-12H,4-5,13-17H2,1-3H3. The summed E-state index contributed by atoms with van der Waals surface area (Å²) in [5.41, 5.74) is 1.44. The van der Waals surface area contributed by atoms with Crippen molar-refractivity contribution in [3.05, 3.63) is 58.9 Å². The molecule has 0 saturated heterocycles. The summed E-state index contributed by atoms with van der Waals surface area (Å²) in [5, 5.41) is 0.395. The first-order valence-electron chi connectivity index (χ1n) is 9.88. The highest BCUT2D eigenvalue weighted by molar-refractivity contribution is 6.33. The lowest BCUT2D eigenvalue weighted by Crippen LogP contribution is -2.44. The van der Waals surface area contributed by atoms with E-state index in [1.54, 1.807) is 41.2 Å². The molecule has 2 rings (SSSR count). The first-order chi connectivity index (χ1) is 14.0. The third-order valence-corrected chi connectivity index (χ3v) is 5.15. The molecule has 1 heterocycles. The van der Waals surface area contributed by atoms with Gasteiger partial charge in [0.05, 0.1) is 23.7 Å². The smallest absolute Gasteiger partial charge is 0.255 e. The second kappa shape index (κ2) is 11.6. The van der Waals surface area contributed by atoms with Gasteiger partial charge in [0, 0.05) is 39.1 Å². The monoisotopic (exact) mass is 419 g/mol. The SMILES string of the molecule is CCCCN(CC(=O)N(CCOC)Cc1cccn1C)C(=O)c1ccccc1Cl. The molecule has 0 bridgehead atoms. The lowest BCUT2D eigenvalue weighted by Gasteiger charge is -2.28. The fourth-order valence-corrected chi connectivity index (χ4v) is 3.24. The number of ether oxygens (including phenoxy) is 1. The second-order valence-corrected chi connectivity index (χ2v) is 7.39. The predicted octanol–water partition coefficient (Wildman–Crippen LogP) is 3.60. The van der Waals surface area contributed by atoms with Crippen LogP contribution in [-0.4, -0.2) is 59.5 Å². The van der Waals surface area contributed by atoms with Crippen molar-refractivity contribution in [2.75, 3.05) is 33.4 Å². The van der Waals surface area contributed by atoms with Crippen molar-refractivity contribution in [1.82, 2.24) is 14.4 Å². The van der Waals surface area contributed by atoms with Gasteiger partial charge in [-0.15, -0.1) is 0 Å². The van der Waals surface area contributed by atoms with Crippen molar-refractivity contribution < 1.29 is 14.3 Å². The number of aromatic nitrogens is 1. The average molecular weight is 420 g/mol. The van der Waals surface area contributed by atoms with E-state index in [-0.39, 0.29) is 18.4 Å². The van der Waals surface area contributed by atoms with Crippen LogP contribution in [0.25, 0.3) is 0 Å². The molecule has 0 radical (unpaired) electrons. The van der Waals surface area contributed by atoms with Crippen LogP contribution in [-0.2, 0) is 23.1 Å². The van der Waals surface area contributed by atoms with Gasteiger partial charge in [-0.25, -0.2) is 0 Å². The van der Waals surface area contributed by atoms with E-state index < -0.39 is 0 Å². The normalized spacial score (nSPS) is 10.8. The van der Waals surface area contributed by atoms with E-state index in [4.69, 9.17) is 16.3 Å². The molecule has 2 aromatic rings. The fraction of sp³-hybridized carbons (Fsp3) is 0.455. The third kappa shape index (κ3) is 6.61. The number of hydrogen-bond donors (Lipinski definition) is 0. The minimum atomic E-state index is -0.219. The minimum absolute atomic E-state index is 0.0121. The van der Waals surface area contributed by atoms with Crippen LogP contribution in [0.3, 0.4) is 0 Å². The summed E-state index contributed by atoms with van der Waals surface area (Å²) in [7, 11) is 3.56. The van der Waals surface area contributed by atoms with E-state index in [1.165, 1.54) is 0 Å². The molecule has 1 aromatic heterocycles. The molecule has 0 spiro atoms. The summed E-state index contributed by atoms with van der Waals surface area (Å²) in [6.45, 7) is 3.94. The summed E-state index contributed by atoms with van der Waals surface area (Å²) in [5.74, 6) is -0.331. The largest absolute Gasteiger partial charge is 0.383 e. The highest BCUT2D eigenvalue weighted by Gasteiger charge is 2.23. The van der Waals surface area contributed by atoms with E-state index >= 15 is 0 Å². The predicted molar refractivity (Wildman–Crippen MR) is 115 cm³/mol. The summed E-state index contributed by atoms with van der Waals surface area (Å²) < 4.78 is 7.16. The zero-order chi connectivity index (χ0) is 21.2. The zero-order valence-corrected chi connectivity index (χ0v) is 18.2. The molecule has 6 nitrogen and oxygen atoms in total. The number of hydrogen-bond acceptors (Lipinski definition) is 3. The average Bonchev–Trinajstić information content (AvgIpc) is 3.12. The molecule has 7 heteroatoms. The summed E-state index contributed by atoms with van der Waals surface area (Å²) >= 11 is 6.21. The number of methoxy groups -OCH3 is 1. The number of rotatable bonds is 11. The molecular formula is C22H30ClN3O3. The number of aryl methyl sites for hydroxylation is 1. The summed E-state index contributed by atoms with van der Waals surface area (Å²) in [6, 6.07) is 10.9. The molecule has 0 atom stereocenters. The van der Waals surface area contributed by atoms with Gasteiger partial charge in [0.1, 0.15) is 6.54 Å². The van der Waals surface area contributed by atoms with Gasteiger partial charge in [0.25, 0.3) is 5.91 Å². The number of unbranched alkanes of at least 4 members (excludes halogenated alkanes) is 1. The maximum Gasteiger partial charge on any atom is 0.255 e. The Balaban J connectivity index is 2.17. The molecule has 0 saturated carbocycles. The Labute approximate surface area is 178 Å². The van der Waals surface area contributed by atoms with E-state index in [9.17, 15) is 9.59 Å². The van der Waals surface area contributed by atoms with Crippen molar-refractivity contribution in [2.45, 2.75) is 26.3 Å². The van der Waals surface area contributed by atoms with Crippen molar-refractivity contribution in [1.29, 1.82) is 0 Å². The Kier molecular flexibility index (Phi) is 9.22. The first kappa shape index (κ1) is 23.0.